The van der Waals surface area contributed by atoms with E-state index in [0.29, 0.717) is 85.0 Å². The predicted molar refractivity (Wildman–Crippen MR) is 283 cm³/mol. The number of esters is 1. The Kier molecular flexibility index (Phi) is 15.3. The fourth-order valence-electron chi connectivity index (χ4n) is 11.9. The molecule has 6 fully saturated rings. The number of aromatic nitrogens is 3. The normalized spacial score (nSPS) is 26.1. The number of carbonyl (C=O) groups is 3. The lowest BCUT2D eigenvalue weighted by Crippen LogP contribution is -2.65. The topological polar surface area (TPSA) is 168 Å². The van der Waals surface area contributed by atoms with Gasteiger partial charge in [-0.05, 0) is 89.0 Å². The van der Waals surface area contributed by atoms with Gasteiger partial charge in [-0.3, -0.25) is 29.4 Å². The number of carbonyl (C=O) groups excluding carboxylic acids is 3. The molecule has 0 radical (unpaired) electrons. The molecule has 11 rings (SSSR count). The second kappa shape index (κ2) is 22.1. The largest absolute Gasteiger partial charge is 0.464 e. The Labute approximate surface area is 439 Å². The number of benzene rings is 1. The van der Waals surface area contributed by atoms with Gasteiger partial charge in [0.1, 0.15) is 17.1 Å². The van der Waals surface area contributed by atoms with Crippen LogP contribution in [-0.2, 0) is 46.2 Å². The number of pyridine rings is 1. The van der Waals surface area contributed by atoms with E-state index in [4.69, 9.17) is 33.7 Å². The van der Waals surface area contributed by atoms with Crippen LogP contribution in [0.1, 0.15) is 101 Å². The van der Waals surface area contributed by atoms with Crippen LogP contribution in [0, 0.1) is 5.41 Å². The van der Waals surface area contributed by atoms with Crippen molar-refractivity contribution >= 4 is 45.8 Å². The van der Waals surface area contributed by atoms with Crippen molar-refractivity contribution in [1.82, 2.24) is 45.0 Å². The fraction of sp³-hybridized carbons (Fsp3) is 0.655. The highest BCUT2D eigenvalue weighted by Crippen LogP contribution is 2.44. The number of likely N-dealkylation sites (tertiary alicyclic amines) is 1. The standard InChI is InChI=1S/C55H76N10O8S/c1-35-12-16-63(35)54(68)58-48-50(62-21-26-71-27-22-62)51-57-45(33-74-51)37-8-11-46-41(29-37)43(31-55(3,4)34-73-53(67)44-7-6-15-65(59-44)52(48)66)49(64(46)23-28-72-40-13-24-70-25-14-40)42-30-39(32-56-47(42)36(2)69-5)61-19-17-60(18-20-61)38-9-10-38/h8,11,29-30,32-33,35-36,38,40,44,48,50,59H,6-7,9-10,12-28,31,34H2,1-5H3,(H,58,68)/t35-,36+,44+,48+,50+/m1/s1. The molecule has 5 atom stereocenters. The molecule has 9 heterocycles. The number of nitrogens with zero attached hydrogens (tertiary/aromatic N) is 8. The lowest BCUT2D eigenvalue weighted by molar-refractivity contribution is -0.155. The highest BCUT2D eigenvalue weighted by molar-refractivity contribution is 7.10. The molecule has 2 N–H and O–H groups in total. The fourth-order valence-corrected chi connectivity index (χ4v) is 12.9. The molecule has 1 aliphatic carbocycles. The number of hydrazine groups is 1. The molecule has 4 aromatic rings. The summed E-state index contributed by atoms with van der Waals surface area (Å²) in [6.45, 7) is 18.0. The lowest BCUT2D eigenvalue weighted by atomic mass is 9.84. The molecule has 19 heteroatoms. The Morgan fingerprint density at radius 2 is 1.73 bits per heavy atom. The maximum absolute atomic E-state index is 15.1. The first-order valence-electron chi connectivity index (χ1n) is 27.4. The zero-order chi connectivity index (χ0) is 51.1. The molecule has 1 aromatic carbocycles. The van der Waals surface area contributed by atoms with Gasteiger partial charge in [-0.15, -0.1) is 11.3 Å². The number of cyclic esters (lactones) is 1. The maximum atomic E-state index is 15.1. The third-order valence-corrected chi connectivity index (χ3v) is 17.5. The minimum Gasteiger partial charge on any atom is -0.464 e. The number of thiazole rings is 1. The van der Waals surface area contributed by atoms with E-state index < -0.39 is 29.5 Å². The molecule has 0 unspecified atom stereocenters. The summed E-state index contributed by atoms with van der Waals surface area (Å²) < 4.78 is 33.1. The number of piperazine rings is 1. The molecule has 7 aliphatic rings. The number of rotatable bonds is 11. The summed E-state index contributed by atoms with van der Waals surface area (Å²) in [6, 6.07) is 7.09. The zero-order valence-corrected chi connectivity index (χ0v) is 44.8. The van der Waals surface area contributed by atoms with E-state index in [1.165, 1.54) is 29.2 Å². The van der Waals surface area contributed by atoms with Gasteiger partial charge in [0.15, 0.2) is 0 Å². The summed E-state index contributed by atoms with van der Waals surface area (Å²) in [7, 11) is 1.74. The van der Waals surface area contributed by atoms with Gasteiger partial charge in [-0.1, -0.05) is 19.9 Å². The van der Waals surface area contributed by atoms with Crippen LogP contribution in [-0.4, -0.2) is 182 Å². The molecule has 400 valence electrons. The van der Waals surface area contributed by atoms with Gasteiger partial charge in [-0.2, -0.15) is 0 Å². The second-order valence-electron chi connectivity index (χ2n) is 22.3. The third-order valence-electron chi connectivity index (χ3n) is 16.6. The average Bonchev–Trinajstić information content (AvgIpc) is 4.09. The summed E-state index contributed by atoms with van der Waals surface area (Å²) in [5.41, 5.74) is 10.6. The first-order chi connectivity index (χ1) is 35.9. The smallest absolute Gasteiger partial charge is 0.324 e. The molecule has 74 heavy (non-hydrogen) atoms. The van der Waals surface area contributed by atoms with E-state index in [2.05, 4.69) is 80.4 Å². The number of ether oxygens (including phenoxy) is 5. The number of hydrogen-bond donors (Lipinski definition) is 2. The first-order valence-corrected chi connectivity index (χ1v) is 28.3. The van der Waals surface area contributed by atoms with Crippen LogP contribution in [0.15, 0.2) is 35.8 Å². The molecule has 0 spiro atoms. The van der Waals surface area contributed by atoms with Crippen LogP contribution in [0.5, 0.6) is 0 Å². The molecular weight excluding hydrogens is 961 g/mol. The maximum Gasteiger partial charge on any atom is 0.324 e. The van der Waals surface area contributed by atoms with Gasteiger partial charge in [-0.25, -0.2) is 15.2 Å². The van der Waals surface area contributed by atoms with Crippen molar-refractivity contribution in [2.75, 3.05) is 104 Å². The predicted octanol–water partition coefficient (Wildman–Crippen LogP) is 6.18. The number of hydrogen-bond acceptors (Lipinski definition) is 15. The Hall–Kier alpha value is -4.73. The highest BCUT2D eigenvalue weighted by Gasteiger charge is 2.44. The summed E-state index contributed by atoms with van der Waals surface area (Å²) in [5, 5.41) is 8.61. The van der Waals surface area contributed by atoms with E-state index in [1.54, 1.807) is 12.0 Å². The van der Waals surface area contributed by atoms with Crippen LogP contribution < -0.4 is 15.6 Å². The van der Waals surface area contributed by atoms with Crippen LogP contribution in [0.4, 0.5) is 10.5 Å². The van der Waals surface area contributed by atoms with Crippen LogP contribution in [0.3, 0.4) is 0 Å². The Morgan fingerprint density at radius 3 is 2.46 bits per heavy atom. The second-order valence-corrected chi connectivity index (χ2v) is 23.2. The number of anilines is 1. The molecule has 3 amide bonds. The number of methoxy groups -OCH3 is 1. The van der Waals surface area contributed by atoms with Gasteiger partial charge in [0.05, 0.1) is 73.6 Å². The molecule has 5 saturated heterocycles. The van der Waals surface area contributed by atoms with E-state index in [0.717, 1.165) is 107 Å². The van der Waals surface area contributed by atoms with Crippen molar-refractivity contribution in [3.8, 4) is 22.5 Å². The van der Waals surface area contributed by atoms with Crippen molar-refractivity contribution in [2.45, 2.75) is 128 Å². The lowest BCUT2D eigenvalue weighted by Gasteiger charge is -2.43. The van der Waals surface area contributed by atoms with E-state index >= 15 is 4.79 Å². The van der Waals surface area contributed by atoms with E-state index in [1.807, 2.05) is 13.1 Å². The van der Waals surface area contributed by atoms with E-state index in [9.17, 15) is 9.59 Å². The van der Waals surface area contributed by atoms with Gasteiger partial charge in [0.2, 0.25) is 0 Å². The monoisotopic (exact) mass is 1040 g/mol. The quantitative estimate of drug-likeness (QED) is 0.164. The van der Waals surface area contributed by atoms with Gasteiger partial charge < -0.3 is 43.4 Å². The van der Waals surface area contributed by atoms with Crippen molar-refractivity contribution in [3.63, 3.8) is 0 Å². The molecule has 1 saturated carbocycles. The summed E-state index contributed by atoms with van der Waals surface area (Å²) in [6.07, 6.45) is 8.73. The van der Waals surface area contributed by atoms with Gasteiger partial charge in [0.25, 0.3) is 5.91 Å². The van der Waals surface area contributed by atoms with Crippen molar-refractivity contribution < 1.29 is 38.1 Å². The van der Waals surface area contributed by atoms with E-state index in [-0.39, 0.29) is 36.8 Å². The minimum absolute atomic E-state index is 0.0618. The average molecular weight is 1040 g/mol. The summed E-state index contributed by atoms with van der Waals surface area (Å²) in [4.78, 5) is 63.4. The van der Waals surface area contributed by atoms with Crippen LogP contribution in [0.2, 0.25) is 0 Å². The summed E-state index contributed by atoms with van der Waals surface area (Å²) >= 11 is 1.50. The first kappa shape index (κ1) is 51.4. The molecule has 18 nitrogen and oxygen atoms in total. The molecular formula is C55H76N10O8S. The van der Waals surface area contributed by atoms with Crippen molar-refractivity contribution in [2.24, 2.45) is 5.41 Å². The highest BCUT2D eigenvalue weighted by atomic mass is 32.1. The molecule has 6 aliphatic heterocycles. The minimum atomic E-state index is -1.02. The Balaban J connectivity index is 1.06. The SMILES string of the molecule is CO[C@@H](C)c1ncc(N2CCN(C3CC3)CC2)cc1-c1c2c3cc(ccc3n1CCOC1CCOCC1)-c1csc(n1)[C@@H](N1CCOCC1)[C@H](NC(=O)N1CC[C@H]1C)C(=O)N1CCC[C@H](N1)C(=O)OCC(C)(C)C2. The number of amides is 3. The Morgan fingerprint density at radius 1 is 0.946 bits per heavy atom. The van der Waals surface area contributed by atoms with Crippen molar-refractivity contribution in [3.05, 3.63) is 52.1 Å². The van der Waals surface area contributed by atoms with Crippen molar-refractivity contribution in [1.29, 1.82) is 0 Å². The van der Waals surface area contributed by atoms with Crippen LogP contribution in [0.25, 0.3) is 33.4 Å². The van der Waals surface area contributed by atoms with Gasteiger partial charge in [0, 0.05) is 124 Å². The Bertz CT molecular complexity index is 2650. The molecule has 3 aromatic heterocycles. The van der Waals surface area contributed by atoms with Gasteiger partial charge >= 0.3 is 12.0 Å². The number of morpholine rings is 1. The van der Waals surface area contributed by atoms with Crippen LogP contribution >= 0.6 is 11.3 Å². The summed E-state index contributed by atoms with van der Waals surface area (Å²) in [5.74, 6) is -0.730. The number of nitrogens with one attached hydrogen (secondary N) is 2. The number of fused-ring (bicyclic) bond motifs is 6. The zero-order valence-electron chi connectivity index (χ0n) is 44.0. The molecule has 6 bridgehead atoms. The third kappa shape index (κ3) is 10.8. The number of urea groups is 1.